The van der Waals surface area contributed by atoms with Gasteiger partial charge < -0.3 is 20.7 Å². The Bertz CT molecular complexity index is 1540. The molecule has 190 valence electrons. The number of rotatable bonds is 7. The monoisotopic (exact) mass is 528 g/mol. The Labute approximate surface area is 200 Å². The molecule has 0 saturated heterocycles. The maximum absolute atomic E-state index is 14.7. The number of alkyl halides is 3. The first kappa shape index (κ1) is 25.2. The molecule has 1 atom stereocenters. The van der Waals surface area contributed by atoms with Crippen molar-refractivity contribution in [1.29, 1.82) is 0 Å². The first-order valence-corrected chi connectivity index (χ1v) is 12.0. The summed E-state index contributed by atoms with van der Waals surface area (Å²) < 4.78 is 90.7. The number of halogens is 5. The Balaban J connectivity index is 1.68. The van der Waals surface area contributed by atoms with E-state index < -0.39 is 45.2 Å². The van der Waals surface area contributed by atoms with Crippen molar-refractivity contribution < 1.29 is 35.5 Å². The summed E-state index contributed by atoms with van der Waals surface area (Å²) in [5, 5.41) is 14.2. The number of nitrogens with zero attached hydrogens (tertiary/aromatic N) is 3. The minimum Gasteiger partial charge on any atom is -0.382 e. The van der Waals surface area contributed by atoms with Crippen LogP contribution in [0.25, 0.3) is 22.3 Å². The van der Waals surface area contributed by atoms with Crippen molar-refractivity contribution in [3.8, 4) is 11.3 Å². The number of hydrogen-bond donors (Lipinski definition) is 4. The van der Waals surface area contributed by atoms with E-state index in [1.165, 1.54) is 30.6 Å². The lowest BCUT2D eigenvalue weighted by atomic mass is 10.2. The second-order valence-corrected chi connectivity index (χ2v) is 9.61. The van der Waals surface area contributed by atoms with E-state index in [0.29, 0.717) is 0 Å². The quantitative estimate of drug-likeness (QED) is 0.267. The lowest BCUT2D eigenvalue weighted by molar-refractivity contribution is -0.198. The van der Waals surface area contributed by atoms with Gasteiger partial charge in [-0.05, 0) is 18.2 Å². The van der Waals surface area contributed by atoms with Gasteiger partial charge in [-0.15, -0.1) is 0 Å². The van der Waals surface area contributed by atoms with Crippen LogP contribution < -0.4 is 10.6 Å². The van der Waals surface area contributed by atoms with Gasteiger partial charge in [0.2, 0.25) is 5.95 Å². The molecule has 0 bridgehead atoms. The molecule has 15 heteroatoms. The summed E-state index contributed by atoms with van der Waals surface area (Å²) in [4.78, 5) is 14.2. The average Bonchev–Trinajstić information content (AvgIpc) is 3.23. The molecule has 4 aromatic rings. The van der Waals surface area contributed by atoms with Crippen molar-refractivity contribution >= 4 is 38.2 Å². The summed E-state index contributed by atoms with van der Waals surface area (Å²) in [6.45, 7) is -0.828. The van der Waals surface area contributed by atoms with Crippen molar-refractivity contribution in [1.82, 2.24) is 19.9 Å². The number of nitrogens with one attached hydrogen (secondary N) is 3. The van der Waals surface area contributed by atoms with E-state index in [-0.39, 0.29) is 39.6 Å². The zero-order valence-corrected chi connectivity index (χ0v) is 19.0. The Morgan fingerprint density at radius 1 is 1.14 bits per heavy atom. The largest absolute Gasteiger partial charge is 0.416 e. The molecule has 0 fully saturated rings. The molecule has 0 aliphatic carbocycles. The topological polar surface area (TPSA) is 133 Å². The number of pyridine rings is 1. The Morgan fingerprint density at radius 2 is 1.89 bits per heavy atom. The number of anilines is 3. The van der Waals surface area contributed by atoms with E-state index in [1.54, 1.807) is 0 Å². The van der Waals surface area contributed by atoms with Crippen molar-refractivity contribution in [2.75, 3.05) is 23.4 Å². The third-order valence-electron chi connectivity index (χ3n) is 5.04. The molecule has 4 N–H and O–H groups in total. The molecule has 1 aromatic carbocycles. The van der Waals surface area contributed by atoms with E-state index in [1.807, 2.05) is 0 Å². The number of sulfone groups is 1. The number of benzene rings is 1. The number of H-pyrrole nitrogens is 1. The molecule has 1 unspecified atom stereocenters. The predicted octanol–water partition coefficient (Wildman–Crippen LogP) is 3.78. The smallest absolute Gasteiger partial charge is 0.382 e. The summed E-state index contributed by atoms with van der Waals surface area (Å²) in [6.07, 6.45) is -3.17. The molecule has 0 spiro atoms. The second-order valence-electron chi connectivity index (χ2n) is 7.63. The molecule has 36 heavy (non-hydrogen) atoms. The fourth-order valence-electron chi connectivity index (χ4n) is 3.31. The number of aromatic nitrogens is 4. The van der Waals surface area contributed by atoms with Crippen LogP contribution in [0.1, 0.15) is 0 Å². The van der Waals surface area contributed by atoms with Crippen molar-refractivity contribution in [3.05, 3.63) is 54.5 Å². The van der Waals surface area contributed by atoms with Crippen LogP contribution in [0.3, 0.4) is 0 Å². The van der Waals surface area contributed by atoms with Crippen molar-refractivity contribution in [3.63, 3.8) is 0 Å². The number of hydrogen-bond acceptors (Lipinski definition) is 8. The molecule has 0 radical (unpaired) electrons. The van der Waals surface area contributed by atoms with Gasteiger partial charge in [0.1, 0.15) is 10.6 Å². The van der Waals surface area contributed by atoms with Gasteiger partial charge in [0.25, 0.3) is 0 Å². The SMILES string of the molecule is CS(=O)(=O)c1cccc(Nc2ncc(F)c(-c3c[nH]c4c(NCC(O)C(F)(F)F)ccnc34)n2)c1F. The van der Waals surface area contributed by atoms with E-state index >= 15 is 0 Å². The van der Waals surface area contributed by atoms with E-state index in [4.69, 9.17) is 0 Å². The Morgan fingerprint density at radius 3 is 2.58 bits per heavy atom. The average molecular weight is 528 g/mol. The fourth-order valence-corrected chi connectivity index (χ4v) is 4.07. The zero-order chi connectivity index (χ0) is 26.3. The molecular weight excluding hydrogens is 511 g/mol. The highest BCUT2D eigenvalue weighted by Crippen LogP contribution is 2.32. The molecule has 0 aliphatic heterocycles. The van der Waals surface area contributed by atoms with Gasteiger partial charge in [0.05, 0.1) is 28.6 Å². The van der Waals surface area contributed by atoms with E-state index in [9.17, 15) is 35.5 Å². The maximum atomic E-state index is 14.7. The Kier molecular flexibility index (Phi) is 6.53. The van der Waals surface area contributed by atoms with Gasteiger partial charge in [-0.2, -0.15) is 13.2 Å². The van der Waals surface area contributed by atoms with Crippen LogP contribution in [0.15, 0.2) is 47.8 Å². The van der Waals surface area contributed by atoms with Crippen molar-refractivity contribution in [2.24, 2.45) is 0 Å². The highest BCUT2D eigenvalue weighted by atomic mass is 32.2. The lowest BCUT2D eigenvalue weighted by Crippen LogP contribution is -2.35. The summed E-state index contributed by atoms with van der Waals surface area (Å²) in [5.74, 6) is -2.20. The second kappa shape index (κ2) is 9.31. The number of aliphatic hydroxyl groups is 1. The summed E-state index contributed by atoms with van der Waals surface area (Å²) in [6, 6.07) is 5.01. The first-order chi connectivity index (χ1) is 16.9. The van der Waals surface area contributed by atoms with E-state index in [2.05, 4.69) is 30.6 Å². The lowest BCUT2D eigenvalue weighted by Gasteiger charge is -2.16. The highest BCUT2D eigenvalue weighted by Gasteiger charge is 2.38. The van der Waals surface area contributed by atoms with Crippen LogP contribution in [0.2, 0.25) is 0 Å². The molecular formula is C21H17F5N6O3S. The zero-order valence-electron chi connectivity index (χ0n) is 18.2. The van der Waals surface area contributed by atoms with Crippen LogP contribution in [0.4, 0.5) is 39.3 Å². The van der Waals surface area contributed by atoms with E-state index in [0.717, 1.165) is 18.5 Å². The van der Waals surface area contributed by atoms with Crippen molar-refractivity contribution in [2.45, 2.75) is 17.2 Å². The first-order valence-electron chi connectivity index (χ1n) is 10.1. The predicted molar refractivity (Wildman–Crippen MR) is 120 cm³/mol. The molecule has 0 aliphatic rings. The molecule has 3 aromatic heterocycles. The summed E-state index contributed by atoms with van der Waals surface area (Å²) in [7, 11) is -3.86. The summed E-state index contributed by atoms with van der Waals surface area (Å²) >= 11 is 0. The van der Waals surface area contributed by atoms with Crippen LogP contribution in [0.5, 0.6) is 0 Å². The van der Waals surface area contributed by atoms with Crippen LogP contribution >= 0.6 is 0 Å². The van der Waals surface area contributed by atoms with Crippen LogP contribution in [-0.4, -0.2) is 58.5 Å². The van der Waals surface area contributed by atoms with Gasteiger partial charge in [-0.1, -0.05) is 6.07 Å². The van der Waals surface area contributed by atoms with Crippen LogP contribution in [-0.2, 0) is 9.84 Å². The molecule has 0 amide bonds. The van der Waals surface area contributed by atoms with Gasteiger partial charge in [0.15, 0.2) is 27.6 Å². The number of aromatic amines is 1. The van der Waals surface area contributed by atoms with Gasteiger partial charge in [-0.25, -0.2) is 27.2 Å². The van der Waals surface area contributed by atoms with Gasteiger partial charge >= 0.3 is 6.18 Å². The maximum Gasteiger partial charge on any atom is 0.416 e. The molecule has 9 nitrogen and oxygen atoms in total. The fraction of sp³-hybridized carbons (Fsp3) is 0.190. The third-order valence-corrected chi connectivity index (χ3v) is 6.15. The van der Waals surface area contributed by atoms with Crippen LogP contribution in [0, 0.1) is 11.6 Å². The molecule has 4 rings (SSSR count). The molecule has 0 saturated carbocycles. The minimum absolute atomic E-state index is 0.123. The molecule has 3 heterocycles. The highest BCUT2D eigenvalue weighted by molar-refractivity contribution is 7.90. The van der Waals surface area contributed by atoms with Gasteiger partial charge in [-0.3, -0.25) is 4.98 Å². The van der Waals surface area contributed by atoms with Gasteiger partial charge in [0, 0.05) is 30.8 Å². The summed E-state index contributed by atoms with van der Waals surface area (Å²) in [5.41, 5.74) is 0.137. The number of aliphatic hydroxyl groups excluding tert-OH is 1. The number of fused-ring (bicyclic) bond motifs is 1. The standard InChI is InChI=1S/C21H17F5N6O3S/c1-36(34,35)14-4-2-3-12(16(14)23)31-20-30-8-11(22)17(32-20)10-7-29-19-13(5-6-27-18(10)19)28-9-15(33)21(24,25)26/h2-8,15,29,33H,9H2,1H3,(H,27,28)(H,30,31,32). The minimum atomic E-state index is -4.81. The normalized spacial score (nSPS) is 13.1. The Hall–Kier alpha value is -3.85. The third kappa shape index (κ3) is 5.06.